The molecule has 1 amide bonds. The molecule has 0 heterocycles. The molecule has 7 heteroatoms. The summed E-state index contributed by atoms with van der Waals surface area (Å²) < 4.78 is 30.7. The van der Waals surface area contributed by atoms with Gasteiger partial charge in [0.25, 0.3) is 5.91 Å². The van der Waals surface area contributed by atoms with Crippen molar-refractivity contribution in [3.8, 4) is 11.5 Å². The zero-order valence-corrected chi connectivity index (χ0v) is 16.3. The Bertz CT molecular complexity index is 1080. The van der Waals surface area contributed by atoms with Crippen molar-refractivity contribution in [2.75, 3.05) is 22.9 Å². The van der Waals surface area contributed by atoms with Crippen LogP contribution in [0.3, 0.4) is 0 Å². The topological polar surface area (TPSA) is 75.7 Å². The monoisotopic (exact) mass is 396 g/mol. The average molecular weight is 396 g/mol. The molecule has 0 aliphatic rings. The molecule has 3 aromatic rings. The number of para-hydroxylation sites is 4. The van der Waals surface area contributed by atoms with Gasteiger partial charge in [-0.1, -0.05) is 42.5 Å². The Balaban J connectivity index is 1.89. The molecule has 0 atom stereocenters. The second kappa shape index (κ2) is 8.14. The van der Waals surface area contributed by atoms with Crippen LogP contribution in [-0.2, 0) is 10.0 Å². The Morgan fingerprint density at radius 3 is 2.21 bits per heavy atom. The van der Waals surface area contributed by atoms with Gasteiger partial charge in [-0.05, 0) is 36.4 Å². The maximum Gasteiger partial charge on any atom is 0.257 e. The quantitative estimate of drug-likeness (QED) is 0.680. The van der Waals surface area contributed by atoms with Crippen molar-refractivity contribution in [3.05, 3.63) is 84.4 Å². The van der Waals surface area contributed by atoms with E-state index in [1.807, 2.05) is 30.3 Å². The Kier molecular flexibility index (Phi) is 5.65. The molecule has 144 valence electrons. The predicted molar refractivity (Wildman–Crippen MR) is 111 cm³/mol. The van der Waals surface area contributed by atoms with Gasteiger partial charge >= 0.3 is 0 Å². The van der Waals surface area contributed by atoms with Crippen LogP contribution in [0.1, 0.15) is 10.4 Å². The summed E-state index contributed by atoms with van der Waals surface area (Å²) in [5.41, 5.74) is 1.02. The SMILES string of the molecule is CN(c1ccccc1C(=O)Nc1ccccc1Oc1ccccc1)S(C)(=O)=O. The van der Waals surface area contributed by atoms with Gasteiger partial charge in [-0.3, -0.25) is 9.10 Å². The van der Waals surface area contributed by atoms with Gasteiger partial charge in [0.05, 0.1) is 23.2 Å². The largest absolute Gasteiger partial charge is 0.455 e. The molecule has 28 heavy (non-hydrogen) atoms. The molecule has 0 saturated heterocycles. The lowest BCUT2D eigenvalue weighted by molar-refractivity contribution is 0.102. The van der Waals surface area contributed by atoms with Gasteiger partial charge in [-0.15, -0.1) is 0 Å². The second-order valence-electron chi connectivity index (χ2n) is 6.11. The highest BCUT2D eigenvalue weighted by Crippen LogP contribution is 2.30. The van der Waals surface area contributed by atoms with E-state index in [9.17, 15) is 13.2 Å². The molecule has 0 saturated carbocycles. The van der Waals surface area contributed by atoms with Crippen LogP contribution >= 0.6 is 0 Å². The van der Waals surface area contributed by atoms with Crippen LogP contribution in [0.2, 0.25) is 0 Å². The number of nitrogens with one attached hydrogen (secondary N) is 1. The van der Waals surface area contributed by atoms with Crippen molar-refractivity contribution in [3.63, 3.8) is 0 Å². The maximum atomic E-state index is 12.9. The maximum absolute atomic E-state index is 12.9. The first-order chi connectivity index (χ1) is 13.4. The van der Waals surface area contributed by atoms with Crippen molar-refractivity contribution in [1.82, 2.24) is 0 Å². The number of carbonyl (C=O) groups is 1. The van der Waals surface area contributed by atoms with E-state index in [0.717, 1.165) is 10.6 Å². The van der Waals surface area contributed by atoms with Crippen molar-refractivity contribution < 1.29 is 17.9 Å². The molecule has 0 spiro atoms. The van der Waals surface area contributed by atoms with E-state index < -0.39 is 15.9 Å². The normalized spacial score (nSPS) is 10.9. The summed E-state index contributed by atoms with van der Waals surface area (Å²) in [4.78, 5) is 12.9. The standard InChI is InChI=1S/C21H20N2O4S/c1-23(28(2,25)26)19-14-8-6-12-17(19)21(24)22-18-13-7-9-15-20(18)27-16-10-4-3-5-11-16/h3-15H,1-2H3,(H,22,24). The van der Waals surface area contributed by atoms with E-state index in [-0.39, 0.29) is 5.56 Å². The second-order valence-corrected chi connectivity index (χ2v) is 8.13. The van der Waals surface area contributed by atoms with Crippen molar-refractivity contribution in [2.45, 2.75) is 0 Å². The van der Waals surface area contributed by atoms with Gasteiger partial charge in [0, 0.05) is 7.05 Å². The van der Waals surface area contributed by atoms with Crippen molar-refractivity contribution in [2.24, 2.45) is 0 Å². The van der Waals surface area contributed by atoms with E-state index >= 15 is 0 Å². The van der Waals surface area contributed by atoms with Crippen LogP contribution in [0, 0.1) is 0 Å². The number of amides is 1. The summed E-state index contributed by atoms with van der Waals surface area (Å²) in [5, 5.41) is 2.81. The summed E-state index contributed by atoms with van der Waals surface area (Å²) >= 11 is 0. The summed E-state index contributed by atoms with van der Waals surface area (Å²) in [5.74, 6) is 0.688. The van der Waals surface area contributed by atoms with Crippen LogP contribution in [0.5, 0.6) is 11.5 Å². The zero-order chi connectivity index (χ0) is 20.1. The van der Waals surface area contributed by atoms with Gasteiger partial charge in [0.15, 0.2) is 5.75 Å². The summed E-state index contributed by atoms with van der Waals surface area (Å²) in [6.07, 6.45) is 1.09. The highest BCUT2D eigenvalue weighted by Gasteiger charge is 2.20. The van der Waals surface area contributed by atoms with Crippen LogP contribution in [0.15, 0.2) is 78.9 Å². The van der Waals surface area contributed by atoms with Crippen LogP contribution in [0.25, 0.3) is 0 Å². The number of hydrogen-bond donors (Lipinski definition) is 1. The fourth-order valence-corrected chi connectivity index (χ4v) is 3.10. The van der Waals surface area contributed by atoms with Crippen LogP contribution < -0.4 is 14.4 Å². The Labute approximate surface area is 164 Å². The number of nitrogens with zero attached hydrogens (tertiary/aromatic N) is 1. The van der Waals surface area contributed by atoms with Gasteiger partial charge in [-0.2, -0.15) is 0 Å². The van der Waals surface area contributed by atoms with Crippen molar-refractivity contribution in [1.29, 1.82) is 0 Å². The first kappa shape index (κ1) is 19.4. The van der Waals surface area contributed by atoms with Gasteiger partial charge in [0.2, 0.25) is 10.0 Å². The third-order valence-electron chi connectivity index (χ3n) is 4.09. The molecule has 0 aliphatic heterocycles. The molecule has 1 N–H and O–H groups in total. The lowest BCUT2D eigenvalue weighted by Gasteiger charge is -2.20. The highest BCUT2D eigenvalue weighted by atomic mass is 32.2. The lowest BCUT2D eigenvalue weighted by Crippen LogP contribution is -2.27. The fraction of sp³-hybridized carbons (Fsp3) is 0.0952. The molecule has 3 aromatic carbocycles. The smallest absolute Gasteiger partial charge is 0.257 e. The number of rotatable bonds is 6. The minimum Gasteiger partial charge on any atom is -0.455 e. The molecular formula is C21H20N2O4S. The summed E-state index contributed by atoms with van der Waals surface area (Å²) in [7, 11) is -2.09. The average Bonchev–Trinajstić information content (AvgIpc) is 2.69. The first-order valence-corrected chi connectivity index (χ1v) is 10.4. The Morgan fingerprint density at radius 1 is 0.893 bits per heavy atom. The highest BCUT2D eigenvalue weighted by molar-refractivity contribution is 7.92. The minimum atomic E-state index is -3.50. The molecule has 0 aromatic heterocycles. The van der Waals surface area contributed by atoms with E-state index in [1.54, 1.807) is 48.5 Å². The van der Waals surface area contributed by atoms with Gasteiger partial charge < -0.3 is 10.1 Å². The Hall–Kier alpha value is -3.32. The number of carbonyl (C=O) groups excluding carboxylic acids is 1. The summed E-state index contributed by atoms with van der Waals surface area (Å²) in [6, 6.07) is 22.8. The number of anilines is 2. The van der Waals surface area contributed by atoms with Gasteiger partial charge in [0.1, 0.15) is 5.75 Å². The molecule has 0 unspecified atom stereocenters. The molecule has 3 rings (SSSR count). The number of benzene rings is 3. The summed E-state index contributed by atoms with van der Waals surface area (Å²) in [6.45, 7) is 0. The van der Waals surface area contributed by atoms with E-state index in [2.05, 4.69) is 5.32 Å². The molecule has 0 fully saturated rings. The third kappa shape index (κ3) is 4.50. The first-order valence-electron chi connectivity index (χ1n) is 8.52. The molecule has 6 nitrogen and oxygen atoms in total. The van der Waals surface area contributed by atoms with E-state index in [1.165, 1.54) is 7.05 Å². The molecule has 0 aliphatic carbocycles. The molecule has 0 radical (unpaired) electrons. The van der Waals surface area contributed by atoms with E-state index in [0.29, 0.717) is 22.9 Å². The van der Waals surface area contributed by atoms with Gasteiger partial charge in [-0.25, -0.2) is 8.42 Å². The van der Waals surface area contributed by atoms with Crippen LogP contribution in [0.4, 0.5) is 11.4 Å². The molecular weight excluding hydrogens is 376 g/mol. The predicted octanol–water partition coefficient (Wildman–Crippen LogP) is 4.13. The fourth-order valence-electron chi connectivity index (χ4n) is 2.58. The number of hydrogen-bond acceptors (Lipinski definition) is 4. The van der Waals surface area contributed by atoms with Crippen LogP contribution in [-0.4, -0.2) is 27.6 Å². The van der Waals surface area contributed by atoms with E-state index in [4.69, 9.17) is 4.74 Å². The number of ether oxygens (including phenoxy) is 1. The lowest BCUT2D eigenvalue weighted by atomic mass is 10.1. The minimum absolute atomic E-state index is 0.241. The van der Waals surface area contributed by atoms with Crippen molar-refractivity contribution >= 4 is 27.3 Å². The number of sulfonamides is 1. The third-order valence-corrected chi connectivity index (χ3v) is 5.28. The molecule has 0 bridgehead atoms. The zero-order valence-electron chi connectivity index (χ0n) is 15.5. The Morgan fingerprint density at radius 2 is 1.50 bits per heavy atom.